The molecule has 3 rings (SSSR count). The third-order valence-corrected chi connectivity index (χ3v) is 3.85. The Bertz CT molecular complexity index is 869. The Labute approximate surface area is 138 Å². The van der Waals surface area contributed by atoms with Crippen LogP contribution in [0.5, 0.6) is 0 Å². The van der Waals surface area contributed by atoms with Crippen molar-refractivity contribution in [3.8, 4) is 22.5 Å². The first-order valence-electron chi connectivity index (χ1n) is 7.43. The minimum Gasteiger partial charge on any atom is -0.252 e. The van der Waals surface area contributed by atoms with Crippen LogP contribution in [-0.4, -0.2) is 9.97 Å². The van der Waals surface area contributed by atoms with E-state index in [1.54, 1.807) is 6.20 Å². The molecule has 0 saturated carbocycles. The van der Waals surface area contributed by atoms with Gasteiger partial charge < -0.3 is 0 Å². The molecule has 0 atom stereocenters. The van der Waals surface area contributed by atoms with Crippen LogP contribution in [0.3, 0.4) is 0 Å². The van der Waals surface area contributed by atoms with E-state index in [9.17, 15) is 13.2 Å². The van der Waals surface area contributed by atoms with Gasteiger partial charge in [0, 0.05) is 11.1 Å². The van der Waals surface area contributed by atoms with Crippen LogP contribution in [0.15, 0.2) is 54.7 Å². The molecule has 0 aliphatic heterocycles. The number of nitrogens with zero attached hydrogens (tertiary/aromatic N) is 2. The molecular weight excluding hydrogens is 313 g/mol. The Morgan fingerprint density at radius 1 is 0.875 bits per heavy atom. The predicted octanol–water partition coefficient (Wildman–Crippen LogP) is 5.45. The summed E-state index contributed by atoms with van der Waals surface area (Å²) in [5, 5.41) is 0. The normalized spacial score (nSPS) is 11.5. The van der Waals surface area contributed by atoms with Crippen molar-refractivity contribution in [3.05, 3.63) is 71.5 Å². The van der Waals surface area contributed by atoms with Gasteiger partial charge in [-0.15, -0.1) is 0 Å². The number of aromatic nitrogens is 2. The summed E-state index contributed by atoms with van der Waals surface area (Å²) in [6, 6.07) is 12.8. The van der Waals surface area contributed by atoms with Gasteiger partial charge in [0.25, 0.3) is 0 Å². The van der Waals surface area contributed by atoms with Gasteiger partial charge in [-0.1, -0.05) is 36.4 Å². The minimum absolute atomic E-state index is 0.554. The van der Waals surface area contributed by atoms with Gasteiger partial charge in [0.05, 0.1) is 28.8 Å². The van der Waals surface area contributed by atoms with Crippen LogP contribution in [0, 0.1) is 13.8 Å². The van der Waals surface area contributed by atoms with Crippen molar-refractivity contribution in [1.82, 2.24) is 9.97 Å². The maximum atomic E-state index is 12.6. The molecule has 0 radical (unpaired) electrons. The Hall–Kier alpha value is -2.69. The van der Waals surface area contributed by atoms with Crippen molar-refractivity contribution in [3.63, 3.8) is 0 Å². The van der Waals surface area contributed by atoms with E-state index in [0.717, 1.165) is 34.6 Å². The molecule has 5 heteroatoms. The summed E-state index contributed by atoms with van der Waals surface area (Å²) in [5.74, 6) is 0. The lowest BCUT2D eigenvalue weighted by molar-refractivity contribution is -0.137. The SMILES string of the molecule is Cc1ccccc1-c1ncc(-c2ccc(C(F)(F)F)cc2)nc1C. The molecule has 0 amide bonds. The number of hydrogen-bond acceptors (Lipinski definition) is 2. The highest BCUT2D eigenvalue weighted by Gasteiger charge is 2.30. The minimum atomic E-state index is -4.34. The predicted molar refractivity (Wildman–Crippen MR) is 87.4 cm³/mol. The number of benzene rings is 2. The number of aryl methyl sites for hydroxylation is 2. The first-order chi connectivity index (χ1) is 11.4. The number of rotatable bonds is 2. The lowest BCUT2D eigenvalue weighted by Gasteiger charge is -2.10. The van der Waals surface area contributed by atoms with Crippen LogP contribution in [-0.2, 0) is 6.18 Å². The fourth-order valence-electron chi connectivity index (χ4n) is 2.55. The summed E-state index contributed by atoms with van der Waals surface area (Å²) in [7, 11) is 0. The van der Waals surface area contributed by atoms with E-state index >= 15 is 0 Å². The van der Waals surface area contributed by atoms with Gasteiger partial charge in [0.15, 0.2) is 0 Å². The van der Waals surface area contributed by atoms with Crippen LogP contribution in [0.1, 0.15) is 16.8 Å². The summed E-state index contributed by atoms with van der Waals surface area (Å²) in [5.41, 5.74) is 4.10. The third kappa shape index (κ3) is 3.15. The topological polar surface area (TPSA) is 25.8 Å². The standard InChI is InChI=1S/C19H15F3N2/c1-12-5-3-4-6-16(12)18-13(2)24-17(11-23-18)14-7-9-15(10-8-14)19(20,21)22/h3-11H,1-2H3. The largest absolute Gasteiger partial charge is 0.416 e. The van der Waals surface area contributed by atoms with Crippen LogP contribution < -0.4 is 0 Å². The van der Waals surface area contributed by atoms with Gasteiger partial charge in [0.1, 0.15) is 0 Å². The smallest absolute Gasteiger partial charge is 0.252 e. The van der Waals surface area contributed by atoms with Gasteiger partial charge >= 0.3 is 6.18 Å². The number of hydrogen-bond donors (Lipinski definition) is 0. The molecule has 2 aromatic carbocycles. The maximum absolute atomic E-state index is 12.6. The monoisotopic (exact) mass is 328 g/mol. The van der Waals surface area contributed by atoms with E-state index in [4.69, 9.17) is 0 Å². The molecule has 2 nitrogen and oxygen atoms in total. The van der Waals surface area contributed by atoms with Crippen LogP contribution in [0.2, 0.25) is 0 Å². The molecule has 0 bridgehead atoms. The van der Waals surface area contributed by atoms with E-state index in [1.807, 2.05) is 38.1 Å². The van der Waals surface area contributed by atoms with E-state index < -0.39 is 11.7 Å². The molecule has 1 heterocycles. The number of alkyl halides is 3. The zero-order valence-corrected chi connectivity index (χ0v) is 13.2. The van der Waals surface area contributed by atoms with E-state index in [0.29, 0.717) is 11.3 Å². The van der Waals surface area contributed by atoms with Crippen molar-refractivity contribution >= 4 is 0 Å². The molecule has 0 spiro atoms. The van der Waals surface area contributed by atoms with Crippen molar-refractivity contribution in [2.45, 2.75) is 20.0 Å². The average molecular weight is 328 g/mol. The van der Waals surface area contributed by atoms with Crippen molar-refractivity contribution in [1.29, 1.82) is 0 Å². The molecular formula is C19H15F3N2. The number of halogens is 3. The Balaban J connectivity index is 1.97. The molecule has 1 aromatic heterocycles. The molecule has 24 heavy (non-hydrogen) atoms. The molecule has 0 unspecified atom stereocenters. The van der Waals surface area contributed by atoms with Crippen LogP contribution in [0.4, 0.5) is 13.2 Å². The van der Waals surface area contributed by atoms with E-state index in [2.05, 4.69) is 9.97 Å². The Morgan fingerprint density at radius 3 is 2.12 bits per heavy atom. The van der Waals surface area contributed by atoms with Crippen molar-refractivity contribution < 1.29 is 13.2 Å². The Morgan fingerprint density at radius 2 is 1.54 bits per heavy atom. The second kappa shape index (κ2) is 6.07. The highest BCUT2D eigenvalue weighted by molar-refractivity contribution is 5.67. The van der Waals surface area contributed by atoms with Gasteiger partial charge in [-0.3, -0.25) is 4.98 Å². The molecule has 0 N–H and O–H groups in total. The van der Waals surface area contributed by atoms with E-state index in [1.165, 1.54) is 12.1 Å². The van der Waals surface area contributed by atoms with Gasteiger partial charge in [-0.2, -0.15) is 13.2 Å². The molecule has 0 fully saturated rings. The van der Waals surface area contributed by atoms with Gasteiger partial charge in [0.2, 0.25) is 0 Å². The molecule has 0 saturated heterocycles. The highest BCUT2D eigenvalue weighted by atomic mass is 19.4. The van der Waals surface area contributed by atoms with Gasteiger partial charge in [-0.05, 0) is 31.5 Å². The fourth-order valence-corrected chi connectivity index (χ4v) is 2.55. The molecule has 3 aromatic rings. The summed E-state index contributed by atoms with van der Waals surface area (Å²) in [4.78, 5) is 8.98. The van der Waals surface area contributed by atoms with Crippen LogP contribution in [0.25, 0.3) is 22.5 Å². The van der Waals surface area contributed by atoms with Crippen molar-refractivity contribution in [2.24, 2.45) is 0 Å². The lowest BCUT2D eigenvalue weighted by atomic mass is 10.0. The van der Waals surface area contributed by atoms with Crippen molar-refractivity contribution in [2.75, 3.05) is 0 Å². The third-order valence-electron chi connectivity index (χ3n) is 3.85. The second-order valence-corrected chi connectivity index (χ2v) is 5.58. The molecule has 0 aliphatic rings. The van der Waals surface area contributed by atoms with E-state index in [-0.39, 0.29) is 0 Å². The maximum Gasteiger partial charge on any atom is 0.416 e. The quantitative estimate of drug-likeness (QED) is 0.625. The summed E-state index contributed by atoms with van der Waals surface area (Å²) < 4.78 is 37.9. The fraction of sp³-hybridized carbons (Fsp3) is 0.158. The Kier molecular flexibility index (Phi) is 4.09. The average Bonchev–Trinajstić information content (AvgIpc) is 2.55. The van der Waals surface area contributed by atoms with Gasteiger partial charge in [-0.25, -0.2) is 4.98 Å². The zero-order valence-electron chi connectivity index (χ0n) is 13.2. The first kappa shape index (κ1) is 16.2. The second-order valence-electron chi connectivity index (χ2n) is 5.58. The highest BCUT2D eigenvalue weighted by Crippen LogP contribution is 2.31. The molecule has 0 aliphatic carbocycles. The molecule has 122 valence electrons. The summed E-state index contributed by atoms with van der Waals surface area (Å²) in [6.07, 6.45) is -2.74. The summed E-state index contributed by atoms with van der Waals surface area (Å²) in [6.45, 7) is 3.85. The first-order valence-corrected chi connectivity index (χ1v) is 7.43. The zero-order chi connectivity index (χ0) is 17.3. The van der Waals surface area contributed by atoms with Crippen LogP contribution >= 0.6 is 0 Å². The lowest BCUT2D eigenvalue weighted by Crippen LogP contribution is -2.04. The summed E-state index contributed by atoms with van der Waals surface area (Å²) >= 11 is 0.